The third-order valence-electron chi connectivity index (χ3n) is 2.99. The van der Waals surface area contributed by atoms with E-state index >= 15 is 0 Å². The Labute approximate surface area is 106 Å². The Balaban J connectivity index is 1.86. The molecule has 0 aliphatic carbocycles. The highest BCUT2D eigenvalue weighted by Gasteiger charge is 2.15. The average molecular weight is 244 g/mol. The van der Waals surface area contributed by atoms with Crippen LogP contribution in [0.1, 0.15) is 25.0 Å². The summed E-state index contributed by atoms with van der Waals surface area (Å²) >= 11 is 0. The van der Waals surface area contributed by atoms with Crippen LogP contribution in [-0.2, 0) is 4.79 Å². The monoisotopic (exact) mass is 244 g/mol. The van der Waals surface area contributed by atoms with Gasteiger partial charge in [0, 0.05) is 13.1 Å². The number of nitrogens with one attached hydrogen (secondary N) is 1. The topological polar surface area (TPSA) is 69.0 Å². The van der Waals surface area contributed by atoms with Gasteiger partial charge in [0.2, 0.25) is 5.91 Å². The number of rotatable bonds is 3. The van der Waals surface area contributed by atoms with Crippen LogP contribution < -0.4 is 5.32 Å². The quantitative estimate of drug-likeness (QED) is 0.872. The van der Waals surface area contributed by atoms with Crippen molar-refractivity contribution in [1.82, 2.24) is 9.88 Å². The van der Waals surface area contributed by atoms with Crippen molar-refractivity contribution in [3.8, 4) is 6.07 Å². The molecule has 0 saturated carbocycles. The van der Waals surface area contributed by atoms with Crippen molar-refractivity contribution in [3.63, 3.8) is 0 Å². The number of hydrogen-bond acceptors (Lipinski definition) is 4. The van der Waals surface area contributed by atoms with Gasteiger partial charge in [0.05, 0.1) is 6.54 Å². The Hall–Kier alpha value is -2.09. The summed E-state index contributed by atoms with van der Waals surface area (Å²) in [5.74, 6) is 0.665. The van der Waals surface area contributed by atoms with E-state index in [0.29, 0.717) is 11.5 Å². The fraction of sp³-hybridized carbons (Fsp3) is 0.462. The standard InChI is InChI=1S/C13H16N4O/c14-9-11-5-4-6-12(16-11)15-10-13(18)17-7-2-1-3-8-17/h4-6H,1-3,7-8,10H2,(H,15,16). The molecule has 0 bridgehead atoms. The molecule has 5 nitrogen and oxygen atoms in total. The van der Waals surface area contributed by atoms with Crippen LogP contribution in [-0.4, -0.2) is 35.4 Å². The Morgan fingerprint density at radius 1 is 1.39 bits per heavy atom. The van der Waals surface area contributed by atoms with E-state index in [2.05, 4.69) is 10.3 Å². The number of likely N-dealkylation sites (tertiary alicyclic amines) is 1. The van der Waals surface area contributed by atoms with Gasteiger partial charge in [0.1, 0.15) is 17.6 Å². The molecule has 1 fully saturated rings. The Morgan fingerprint density at radius 3 is 2.89 bits per heavy atom. The zero-order valence-electron chi connectivity index (χ0n) is 10.2. The summed E-state index contributed by atoms with van der Waals surface area (Å²) in [6, 6.07) is 7.11. The fourth-order valence-electron chi connectivity index (χ4n) is 2.02. The van der Waals surface area contributed by atoms with Gasteiger partial charge in [-0.2, -0.15) is 5.26 Å². The molecule has 0 aromatic carbocycles. The molecule has 0 spiro atoms. The molecule has 1 aliphatic rings. The van der Waals surface area contributed by atoms with Gasteiger partial charge in [0.15, 0.2) is 0 Å². The molecule has 0 radical (unpaired) electrons. The summed E-state index contributed by atoms with van der Waals surface area (Å²) < 4.78 is 0. The Bertz CT molecular complexity index is 460. The average Bonchev–Trinajstić information content (AvgIpc) is 2.46. The number of nitriles is 1. The van der Waals surface area contributed by atoms with Crippen molar-refractivity contribution in [3.05, 3.63) is 23.9 Å². The van der Waals surface area contributed by atoms with Crippen LogP contribution in [0, 0.1) is 11.3 Å². The van der Waals surface area contributed by atoms with Crippen LogP contribution in [0.25, 0.3) is 0 Å². The molecule has 1 N–H and O–H groups in total. The Kier molecular flexibility index (Phi) is 4.13. The molecule has 18 heavy (non-hydrogen) atoms. The first kappa shape index (κ1) is 12.4. The zero-order valence-corrected chi connectivity index (χ0v) is 10.2. The molecule has 1 amide bonds. The number of carbonyl (C=O) groups is 1. The molecule has 5 heteroatoms. The first-order chi connectivity index (χ1) is 8.79. The first-order valence-electron chi connectivity index (χ1n) is 6.18. The summed E-state index contributed by atoms with van der Waals surface area (Å²) in [6.07, 6.45) is 3.39. The number of amides is 1. The molecule has 2 heterocycles. The minimum absolute atomic E-state index is 0.0962. The molecular weight excluding hydrogens is 228 g/mol. The second-order valence-corrected chi connectivity index (χ2v) is 4.31. The molecule has 1 aromatic rings. The van der Waals surface area contributed by atoms with Gasteiger partial charge in [0.25, 0.3) is 0 Å². The highest BCUT2D eigenvalue weighted by molar-refractivity contribution is 5.80. The number of nitrogens with zero attached hydrogens (tertiary/aromatic N) is 3. The van der Waals surface area contributed by atoms with E-state index in [-0.39, 0.29) is 12.5 Å². The normalized spacial score (nSPS) is 14.9. The fourth-order valence-corrected chi connectivity index (χ4v) is 2.02. The number of hydrogen-bond donors (Lipinski definition) is 1. The first-order valence-corrected chi connectivity index (χ1v) is 6.18. The number of anilines is 1. The van der Waals surface area contributed by atoms with Gasteiger partial charge < -0.3 is 10.2 Å². The third kappa shape index (κ3) is 3.20. The van der Waals surface area contributed by atoms with Gasteiger partial charge in [-0.05, 0) is 31.4 Å². The molecule has 0 atom stereocenters. The maximum Gasteiger partial charge on any atom is 0.241 e. The van der Waals surface area contributed by atoms with Crippen molar-refractivity contribution >= 4 is 11.7 Å². The predicted octanol–water partition coefficient (Wildman–Crippen LogP) is 1.38. The minimum Gasteiger partial charge on any atom is -0.361 e. The minimum atomic E-state index is 0.0962. The second-order valence-electron chi connectivity index (χ2n) is 4.31. The van der Waals surface area contributed by atoms with E-state index in [1.807, 2.05) is 11.0 Å². The summed E-state index contributed by atoms with van der Waals surface area (Å²) in [5, 5.41) is 11.7. The SMILES string of the molecule is N#Cc1cccc(NCC(=O)N2CCCCC2)n1. The van der Waals surface area contributed by atoms with E-state index in [0.717, 1.165) is 25.9 Å². The van der Waals surface area contributed by atoms with Crippen LogP contribution in [0.15, 0.2) is 18.2 Å². The van der Waals surface area contributed by atoms with E-state index in [4.69, 9.17) is 5.26 Å². The summed E-state index contributed by atoms with van der Waals surface area (Å²) in [7, 11) is 0. The highest BCUT2D eigenvalue weighted by Crippen LogP contribution is 2.09. The van der Waals surface area contributed by atoms with Crippen molar-refractivity contribution < 1.29 is 4.79 Å². The Morgan fingerprint density at radius 2 is 2.17 bits per heavy atom. The van der Waals surface area contributed by atoms with Gasteiger partial charge in [-0.25, -0.2) is 4.98 Å². The summed E-state index contributed by atoms with van der Waals surface area (Å²) in [4.78, 5) is 17.8. The van der Waals surface area contributed by atoms with E-state index in [9.17, 15) is 4.79 Å². The molecular formula is C13H16N4O. The number of aromatic nitrogens is 1. The zero-order chi connectivity index (χ0) is 12.8. The molecule has 1 saturated heterocycles. The van der Waals surface area contributed by atoms with Gasteiger partial charge in [-0.15, -0.1) is 0 Å². The van der Waals surface area contributed by atoms with Crippen molar-refractivity contribution in [2.75, 3.05) is 25.0 Å². The van der Waals surface area contributed by atoms with Gasteiger partial charge in [-0.3, -0.25) is 4.79 Å². The highest BCUT2D eigenvalue weighted by atomic mass is 16.2. The van der Waals surface area contributed by atoms with Crippen LogP contribution >= 0.6 is 0 Å². The number of carbonyl (C=O) groups excluding carboxylic acids is 1. The van der Waals surface area contributed by atoms with Crippen molar-refractivity contribution in [2.24, 2.45) is 0 Å². The smallest absolute Gasteiger partial charge is 0.241 e. The molecule has 2 rings (SSSR count). The van der Waals surface area contributed by atoms with Crippen molar-refractivity contribution in [1.29, 1.82) is 5.26 Å². The second kappa shape index (κ2) is 6.01. The van der Waals surface area contributed by atoms with Crippen LogP contribution in [0.2, 0.25) is 0 Å². The lowest BCUT2D eigenvalue weighted by Crippen LogP contribution is -2.39. The maximum atomic E-state index is 11.9. The van der Waals surface area contributed by atoms with Crippen LogP contribution in [0.4, 0.5) is 5.82 Å². The van der Waals surface area contributed by atoms with E-state index < -0.39 is 0 Å². The number of piperidine rings is 1. The largest absolute Gasteiger partial charge is 0.361 e. The summed E-state index contributed by atoms with van der Waals surface area (Å²) in [6.45, 7) is 1.94. The third-order valence-corrected chi connectivity index (χ3v) is 2.99. The molecule has 1 aromatic heterocycles. The number of pyridine rings is 1. The predicted molar refractivity (Wildman–Crippen MR) is 67.9 cm³/mol. The summed E-state index contributed by atoms with van der Waals surface area (Å²) in [5.41, 5.74) is 0.352. The lowest BCUT2D eigenvalue weighted by Gasteiger charge is -2.26. The maximum absolute atomic E-state index is 11.9. The molecule has 94 valence electrons. The van der Waals surface area contributed by atoms with E-state index in [1.54, 1.807) is 18.2 Å². The molecule has 0 unspecified atom stereocenters. The van der Waals surface area contributed by atoms with Crippen LogP contribution in [0.3, 0.4) is 0 Å². The van der Waals surface area contributed by atoms with Crippen LogP contribution in [0.5, 0.6) is 0 Å². The van der Waals surface area contributed by atoms with Gasteiger partial charge in [-0.1, -0.05) is 6.07 Å². The van der Waals surface area contributed by atoms with Gasteiger partial charge >= 0.3 is 0 Å². The van der Waals surface area contributed by atoms with Crippen molar-refractivity contribution in [2.45, 2.75) is 19.3 Å². The van der Waals surface area contributed by atoms with E-state index in [1.165, 1.54) is 6.42 Å². The lowest BCUT2D eigenvalue weighted by atomic mass is 10.1. The molecule has 1 aliphatic heterocycles. The lowest BCUT2D eigenvalue weighted by molar-refractivity contribution is -0.130.